The van der Waals surface area contributed by atoms with Crippen molar-refractivity contribution in [2.24, 2.45) is 0 Å². The molecule has 0 bridgehead atoms. The number of phosphoric acid groups is 1. The van der Waals surface area contributed by atoms with Gasteiger partial charge >= 0.3 is 13.8 Å². The number of aliphatic carboxylic acids is 1. The smallest absolute Gasteiger partial charge is 0.472 e. The molecule has 0 saturated carbocycles. The average Bonchev–Trinajstić information content (AvgIpc) is 2.58. The van der Waals surface area contributed by atoms with Gasteiger partial charge in [0.2, 0.25) is 0 Å². The van der Waals surface area contributed by atoms with E-state index in [1.807, 2.05) is 18.2 Å². The number of rotatable bonds is 14. The zero-order valence-corrected chi connectivity index (χ0v) is 14.8. The molecule has 1 heterocycles. The molecule has 0 saturated heterocycles. The van der Waals surface area contributed by atoms with Gasteiger partial charge in [-0.15, -0.1) is 0 Å². The third kappa shape index (κ3) is 11.0. The van der Waals surface area contributed by atoms with Crippen molar-refractivity contribution < 1.29 is 42.8 Å². The van der Waals surface area contributed by atoms with Crippen molar-refractivity contribution in [3.8, 4) is 0 Å². The molecule has 1 rings (SSSR count). The Morgan fingerprint density at radius 2 is 1.84 bits per heavy atom. The standard InChI is InChI=1S/C15H24NO8P/c17-12-14(22-10-5-2-6-15(18)19)13-24-25(20,21)23-11-9-16-7-3-1-4-8-16/h1,3-4,7-8,14,17H,2,5-6,9-13H2,(H-,18,19,20,21)/p+1. The zero-order chi connectivity index (χ0) is 18.5. The molecule has 1 aromatic heterocycles. The van der Waals surface area contributed by atoms with Crippen LogP contribution in [0.3, 0.4) is 0 Å². The monoisotopic (exact) mass is 378 g/mol. The molecule has 25 heavy (non-hydrogen) atoms. The Morgan fingerprint density at radius 3 is 2.48 bits per heavy atom. The lowest BCUT2D eigenvalue weighted by Gasteiger charge is -2.17. The van der Waals surface area contributed by atoms with Crippen LogP contribution in [-0.4, -0.2) is 53.6 Å². The van der Waals surface area contributed by atoms with E-state index in [0.717, 1.165) is 0 Å². The minimum absolute atomic E-state index is 0.0116. The quantitative estimate of drug-likeness (QED) is 0.246. The van der Waals surface area contributed by atoms with E-state index in [0.29, 0.717) is 19.4 Å². The van der Waals surface area contributed by atoms with Gasteiger partial charge in [-0.2, -0.15) is 0 Å². The van der Waals surface area contributed by atoms with Crippen LogP contribution in [0.1, 0.15) is 19.3 Å². The Hall–Kier alpha value is -1.35. The molecule has 142 valence electrons. The second-order valence-corrected chi connectivity index (χ2v) is 6.69. The lowest BCUT2D eigenvalue weighted by Crippen LogP contribution is -2.34. The highest BCUT2D eigenvalue weighted by Crippen LogP contribution is 2.43. The number of unbranched alkanes of at least 4 members (excludes halogenated alkanes) is 1. The van der Waals surface area contributed by atoms with E-state index < -0.39 is 26.5 Å². The highest BCUT2D eigenvalue weighted by atomic mass is 31.2. The summed E-state index contributed by atoms with van der Waals surface area (Å²) in [4.78, 5) is 20.0. The number of hydrogen-bond acceptors (Lipinski definition) is 6. The van der Waals surface area contributed by atoms with Gasteiger partial charge in [0.1, 0.15) is 12.7 Å². The maximum atomic E-state index is 11.8. The van der Waals surface area contributed by atoms with Gasteiger partial charge in [0.05, 0.1) is 13.2 Å². The fraction of sp³-hybridized carbons (Fsp3) is 0.600. The summed E-state index contributed by atoms with van der Waals surface area (Å²) in [6.45, 7) is -0.0931. The van der Waals surface area contributed by atoms with Gasteiger partial charge in [-0.3, -0.25) is 13.8 Å². The highest BCUT2D eigenvalue weighted by molar-refractivity contribution is 7.47. The normalized spacial score (nSPS) is 14.8. The molecule has 0 amide bonds. The molecular formula is C15H25NO8P+. The molecule has 0 spiro atoms. The van der Waals surface area contributed by atoms with Gasteiger partial charge in [-0.25, -0.2) is 9.13 Å². The Kier molecular flexibility index (Phi) is 10.5. The summed E-state index contributed by atoms with van der Waals surface area (Å²) in [6, 6.07) is 5.51. The number of aliphatic hydroxyl groups excluding tert-OH is 1. The fourth-order valence-electron chi connectivity index (χ4n) is 1.84. The lowest BCUT2D eigenvalue weighted by molar-refractivity contribution is -0.697. The van der Waals surface area contributed by atoms with Gasteiger partial charge in [0.15, 0.2) is 18.9 Å². The molecule has 2 unspecified atom stereocenters. The largest absolute Gasteiger partial charge is 0.481 e. The molecule has 1 aromatic rings. The molecule has 0 aliphatic heterocycles. The highest BCUT2D eigenvalue weighted by Gasteiger charge is 2.24. The third-order valence-corrected chi connectivity index (χ3v) is 4.13. The number of aromatic nitrogens is 1. The van der Waals surface area contributed by atoms with Crippen LogP contribution in [0.25, 0.3) is 0 Å². The molecule has 9 nitrogen and oxygen atoms in total. The Labute approximate surface area is 146 Å². The second kappa shape index (κ2) is 12.1. The molecular weight excluding hydrogens is 353 g/mol. The molecule has 10 heteroatoms. The molecule has 0 aromatic carbocycles. The predicted molar refractivity (Wildman–Crippen MR) is 86.7 cm³/mol. The number of carbonyl (C=O) groups is 1. The molecule has 0 aliphatic carbocycles. The van der Waals surface area contributed by atoms with Crippen LogP contribution in [0.5, 0.6) is 0 Å². The van der Waals surface area contributed by atoms with Crippen molar-refractivity contribution in [3.05, 3.63) is 30.6 Å². The Morgan fingerprint density at radius 1 is 1.12 bits per heavy atom. The zero-order valence-electron chi connectivity index (χ0n) is 13.9. The van der Waals surface area contributed by atoms with Crippen molar-refractivity contribution in [2.75, 3.05) is 26.4 Å². The van der Waals surface area contributed by atoms with Gasteiger partial charge in [0.25, 0.3) is 0 Å². The number of carboxylic acid groups (broad SMARTS) is 1. The number of pyridine rings is 1. The first-order valence-corrected chi connectivity index (χ1v) is 9.42. The van der Waals surface area contributed by atoms with Crippen molar-refractivity contribution >= 4 is 13.8 Å². The summed E-state index contributed by atoms with van der Waals surface area (Å²) in [7, 11) is -4.24. The van der Waals surface area contributed by atoms with Gasteiger partial charge in [-0.1, -0.05) is 6.07 Å². The summed E-state index contributed by atoms with van der Waals surface area (Å²) in [6.07, 6.45) is 3.82. The number of carboxylic acids is 1. The van der Waals surface area contributed by atoms with Crippen LogP contribution in [0.2, 0.25) is 0 Å². The van der Waals surface area contributed by atoms with Crippen molar-refractivity contribution in [2.45, 2.75) is 31.9 Å². The van der Waals surface area contributed by atoms with E-state index >= 15 is 0 Å². The van der Waals surface area contributed by atoms with Crippen LogP contribution in [0.4, 0.5) is 0 Å². The fourth-order valence-corrected chi connectivity index (χ4v) is 2.58. The first kappa shape index (κ1) is 21.7. The first-order chi connectivity index (χ1) is 11.9. The summed E-state index contributed by atoms with van der Waals surface area (Å²) >= 11 is 0. The van der Waals surface area contributed by atoms with E-state index in [1.165, 1.54) is 0 Å². The van der Waals surface area contributed by atoms with Gasteiger partial charge in [0, 0.05) is 25.2 Å². The van der Waals surface area contributed by atoms with E-state index in [4.69, 9.17) is 18.9 Å². The van der Waals surface area contributed by atoms with E-state index in [-0.39, 0.29) is 26.2 Å². The van der Waals surface area contributed by atoms with Crippen LogP contribution in [0.15, 0.2) is 30.6 Å². The number of aliphatic hydroxyl groups is 1. The minimum atomic E-state index is -4.24. The van der Waals surface area contributed by atoms with Crippen LogP contribution >= 0.6 is 7.82 Å². The maximum Gasteiger partial charge on any atom is 0.472 e. The Bertz CT molecular complexity index is 542. The summed E-state index contributed by atoms with van der Waals surface area (Å²) in [5.41, 5.74) is 0. The molecule has 0 fully saturated rings. The van der Waals surface area contributed by atoms with Crippen LogP contribution in [-0.2, 0) is 29.7 Å². The molecule has 0 aliphatic rings. The van der Waals surface area contributed by atoms with Crippen LogP contribution < -0.4 is 4.57 Å². The Balaban J connectivity index is 2.20. The van der Waals surface area contributed by atoms with E-state index in [9.17, 15) is 19.4 Å². The number of nitrogens with zero attached hydrogens (tertiary/aromatic N) is 1. The summed E-state index contributed by atoms with van der Waals surface area (Å²) in [5, 5.41) is 17.7. The average molecular weight is 378 g/mol. The predicted octanol–water partition coefficient (Wildman–Crippen LogP) is 0.740. The van der Waals surface area contributed by atoms with Gasteiger partial charge < -0.3 is 19.8 Å². The maximum absolute atomic E-state index is 11.8. The van der Waals surface area contributed by atoms with Crippen molar-refractivity contribution in [1.29, 1.82) is 0 Å². The van der Waals surface area contributed by atoms with Crippen molar-refractivity contribution in [1.82, 2.24) is 0 Å². The number of ether oxygens (including phenoxy) is 1. The van der Waals surface area contributed by atoms with E-state index in [2.05, 4.69) is 0 Å². The van der Waals surface area contributed by atoms with Crippen molar-refractivity contribution in [3.63, 3.8) is 0 Å². The summed E-state index contributed by atoms with van der Waals surface area (Å²) < 4.78 is 28.5. The van der Waals surface area contributed by atoms with Crippen LogP contribution in [0, 0.1) is 0 Å². The number of phosphoric ester groups is 1. The third-order valence-electron chi connectivity index (χ3n) is 3.15. The topological polar surface area (TPSA) is 126 Å². The van der Waals surface area contributed by atoms with E-state index in [1.54, 1.807) is 17.0 Å². The molecule has 2 atom stereocenters. The summed E-state index contributed by atoms with van der Waals surface area (Å²) in [5.74, 6) is -0.880. The number of hydrogen-bond donors (Lipinski definition) is 3. The molecule has 3 N–H and O–H groups in total. The molecule has 0 radical (unpaired) electrons. The SMILES string of the molecule is O=C(O)CCCCOC(CO)COP(=O)(O)OCC[n+]1ccccc1. The second-order valence-electron chi connectivity index (χ2n) is 5.24. The van der Waals surface area contributed by atoms with Gasteiger partial charge in [-0.05, 0) is 12.8 Å². The first-order valence-electron chi connectivity index (χ1n) is 7.93. The minimum Gasteiger partial charge on any atom is -0.481 e. The lowest BCUT2D eigenvalue weighted by atomic mass is 10.2.